The van der Waals surface area contributed by atoms with Gasteiger partial charge < -0.3 is 10.5 Å². The summed E-state index contributed by atoms with van der Waals surface area (Å²) in [4.78, 5) is 0. The Morgan fingerprint density at radius 1 is 1.00 bits per heavy atom. The molecule has 106 valence electrons. The van der Waals surface area contributed by atoms with Crippen molar-refractivity contribution in [2.45, 2.75) is 13.0 Å². The average molecular weight is 314 g/mol. The highest BCUT2D eigenvalue weighted by Gasteiger charge is 2.05. The van der Waals surface area contributed by atoms with Gasteiger partial charge in [-0.05, 0) is 48.4 Å². The first-order valence-corrected chi connectivity index (χ1v) is 6.91. The summed E-state index contributed by atoms with van der Waals surface area (Å²) in [5, 5.41) is 0.611. The van der Waals surface area contributed by atoms with Crippen molar-refractivity contribution in [1.29, 1.82) is 0 Å². The number of hydrogen-bond donors (Lipinski definition) is 1. The zero-order valence-electron chi connectivity index (χ0n) is 10.7. The minimum atomic E-state index is -0.445. The van der Waals surface area contributed by atoms with Crippen LogP contribution in [0.1, 0.15) is 11.1 Å². The molecule has 0 unspecified atom stereocenters. The van der Waals surface area contributed by atoms with Crippen LogP contribution in [0.25, 0.3) is 0 Å². The molecular formula is C15H14Cl2FNO. The number of rotatable bonds is 5. The van der Waals surface area contributed by atoms with Crippen molar-refractivity contribution in [3.63, 3.8) is 0 Å². The van der Waals surface area contributed by atoms with E-state index in [1.165, 1.54) is 12.1 Å². The molecular weight excluding hydrogens is 300 g/mol. The molecule has 0 saturated carbocycles. The number of halogens is 3. The molecule has 0 radical (unpaired) electrons. The standard InChI is InChI=1S/C15H14Cl2FNO/c16-12-8-11(1-3-14(12)18)9-20-15-4-2-10(5-6-19)7-13(15)17/h1-4,7-8H,5-6,9,19H2. The van der Waals surface area contributed by atoms with E-state index >= 15 is 0 Å². The summed E-state index contributed by atoms with van der Waals surface area (Å²) in [7, 11) is 0. The fraction of sp³-hybridized carbons (Fsp3) is 0.200. The Hall–Kier alpha value is -1.29. The van der Waals surface area contributed by atoms with Crippen molar-refractivity contribution in [2.24, 2.45) is 5.73 Å². The predicted octanol–water partition coefficient (Wildman–Crippen LogP) is 4.21. The maximum Gasteiger partial charge on any atom is 0.141 e. The summed E-state index contributed by atoms with van der Waals surface area (Å²) >= 11 is 11.8. The highest BCUT2D eigenvalue weighted by atomic mass is 35.5. The Labute approximate surface area is 127 Å². The number of hydrogen-bond acceptors (Lipinski definition) is 2. The molecule has 2 nitrogen and oxygen atoms in total. The monoisotopic (exact) mass is 313 g/mol. The summed E-state index contributed by atoms with van der Waals surface area (Å²) in [6, 6.07) is 10.0. The van der Waals surface area contributed by atoms with E-state index in [4.69, 9.17) is 33.7 Å². The first-order chi connectivity index (χ1) is 9.60. The van der Waals surface area contributed by atoms with Gasteiger partial charge >= 0.3 is 0 Å². The lowest BCUT2D eigenvalue weighted by Crippen LogP contribution is -2.03. The van der Waals surface area contributed by atoms with Gasteiger partial charge in [-0.3, -0.25) is 0 Å². The molecule has 2 N–H and O–H groups in total. The Bertz CT molecular complexity index is 604. The molecule has 5 heteroatoms. The van der Waals surface area contributed by atoms with Crippen LogP contribution in [0, 0.1) is 5.82 Å². The van der Waals surface area contributed by atoms with Crippen LogP contribution in [0.15, 0.2) is 36.4 Å². The summed E-state index contributed by atoms with van der Waals surface area (Å²) in [5.41, 5.74) is 7.33. The van der Waals surface area contributed by atoms with Crippen molar-refractivity contribution >= 4 is 23.2 Å². The van der Waals surface area contributed by atoms with Crippen LogP contribution in [0.2, 0.25) is 10.0 Å². The molecule has 0 aliphatic heterocycles. The summed E-state index contributed by atoms with van der Waals surface area (Å²) in [5.74, 6) is 0.132. The summed E-state index contributed by atoms with van der Waals surface area (Å²) in [6.07, 6.45) is 0.771. The van der Waals surface area contributed by atoms with Crippen molar-refractivity contribution in [3.8, 4) is 5.75 Å². The SMILES string of the molecule is NCCc1ccc(OCc2ccc(F)c(Cl)c2)c(Cl)c1. The smallest absolute Gasteiger partial charge is 0.141 e. The molecule has 20 heavy (non-hydrogen) atoms. The van der Waals surface area contributed by atoms with Gasteiger partial charge in [-0.2, -0.15) is 0 Å². The molecule has 0 fully saturated rings. The van der Waals surface area contributed by atoms with Gasteiger partial charge in [0, 0.05) is 0 Å². The van der Waals surface area contributed by atoms with Crippen LogP contribution in [0.4, 0.5) is 4.39 Å². The second kappa shape index (κ2) is 6.93. The van der Waals surface area contributed by atoms with Crippen LogP contribution in [-0.2, 0) is 13.0 Å². The maximum absolute atomic E-state index is 13.0. The van der Waals surface area contributed by atoms with E-state index in [2.05, 4.69) is 0 Å². The van der Waals surface area contributed by atoms with Gasteiger partial charge in [0.2, 0.25) is 0 Å². The zero-order valence-corrected chi connectivity index (χ0v) is 12.2. The van der Waals surface area contributed by atoms with E-state index in [9.17, 15) is 4.39 Å². The van der Waals surface area contributed by atoms with Gasteiger partial charge in [0.15, 0.2) is 0 Å². The largest absolute Gasteiger partial charge is 0.487 e. The van der Waals surface area contributed by atoms with Crippen molar-refractivity contribution in [1.82, 2.24) is 0 Å². The minimum Gasteiger partial charge on any atom is -0.487 e. The molecule has 0 aliphatic carbocycles. The van der Waals surface area contributed by atoms with Gasteiger partial charge in [-0.1, -0.05) is 35.3 Å². The van der Waals surface area contributed by atoms with Crippen molar-refractivity contribution in [3.05, 3.63) is 63.4 Å². The molecule has 2 rings (SSSR count). The quantitative estimate of drug-likeness (QED) is 0.897. The second-order valence-electron chi connectivity index (χ2n) is 4.34. The molecule has 0 amide bonds. The third-order valence-corrected chi connectivity index (χ3v) is 3.39. The second-order valence-corrected chi connectivity index (χ2v) is 5.15. The van der Waals surface area contributed by atoms with Crippen LogP contribution in [0.3, 0.4) is 0 Å². The normalized spacial score (nSPS) is 10.6. The average Bonchev–Trinajstić information content (AvgIpc) is 2.42. The summed E-state index contributed by atoms with van der Waals surface area (Å²) in [6.45, 7) is 0.848. The van der Waals surface area contributed by atoms with Crippen LogP contribution in [-0.4, -0.2) is 6.54 Å². The summed E-state index contributed by atoms with van der Waals surface area (Å²) < 4.78 is 18.6. The Morgan fingerprint density at radius 3 is 2.35 bits per heavy atom. The molecule has 2 aromatic carbocycles. The molecule has 2 aromatic rings. The minimum absolute atomic E-state index is 0.0792. The van der Waals surface area contributed by atoms with E-state index in [-0.39, 0.29) is 11.6 Å². The highest BCUT2D eigenvalue weighted by Crippen LogP contribution is 2.27. The highest BCUT2D eigenvalue weighted by molar-refractivity contribution is 6.32. The van der Waals surface area contributed by atoms with Gasteiger partial charge in [-0.15, -0.1) is 0 Å². The van der Waals surface area contributed by atoms with E-state index in [0.29, 0.717) is 17.3 Å². The lowest BCUT2D eigenvalue weighted by atomic mass is 10.1. The molecule has 0 saturated heterocycles. The molecule has 0 heterocycles. The maximum atomic E-state index is 13.0. The number of nitrogens with two attached hydrogens (primary N) is 1. The lowest BCUT2D eigenvalue weighted by molar-refractivity contribution is 0.306. The number of ether oxygens (including phenoxy) is 1. The van der Waals surface area contributed by atoms with Crippen molar-refractivity contribution < 1.29 is 9.13 Å². The zero-order chi connectivity index (χ0) is 14.5. The van der Waals surface area contributed by atoms with E-state index in [1.807, 2.05) is 12.1 Å². The first-order valence-electron chi connectivity index (χ1n) is 6.15. The van der Waals surface area contributed by atoms with Gasteiger partial charge in [0.1, 0.15) is 18.2 Å². The van der Waals surface area contributed by atoms with Crippen LogP contribution >= 0.6 is 23.2 Å². The molecule has 0 bridgehead atoms. The van der Waals surface area contributed by atoms with Gasteiger partial charge in [0.05, 0.1) is 10.0 Å². The Balaban J connectivity index is 2.05. The molecule has 0 aliphatic rings. The van der Waals surface area contributed by atoms with Crippen molar-refractivity contribution in [2.75, 3.05) is 6.54 Å². The fourth-order valence-electron chi connectivity index (χ4n) is 1.77. The predicted molar refractivity (Wildman–Crippen MR) is 80.0 cm³/mol. The topological polar surface area (TPSA) is 35.2 Å². The lowest BCUT2D eigenvalue weighted by Gasteiger charge is -2.10. The Kier molecular flexibility index (Phi) is 5.24. The van der Waals surface area contributed by atoms with Crippen LogP contribution < -0.4 is 10.5 Å². The van der Waals surface area contributed by atoms with Crippen LogP contribution in [0.5, 0.6) is 5.75 Å². The first kappa shape index (κ1) is 15.1. The number of benzene rings is 2. The van der Waals surface area contributed by atoms with E-state index < -0.39 is 5.82 Å². The van der Waals surface area contributed by atoms with Gasteiger partial charge in [0.25, 0.3) is 0 Å². The third-order valence-electron chi connectivity index (χ3n) is 2.81. The van der Waals surface area contributed by atoms with Gasteiger partial charge in [-0.25, -0.2) is 4.39 Å². The third kappa shape index (κ3) is 3.85. The molecule has 0 aromatic heterocycles. The Morgan fingerprint density at radius 2 is 1.70 bits per heavy atom. The molecule has 0 atom stereocenters. The molecule has 0 spiro atoms. The van der Waals surface area contributed by atoms with E-state index in [0.717, 1.165) is 17.5 Å². The fourth-order valence-corrected chi connectivity index (χ4v) is 2.23. The van der Waals surface area contributed by atoms with E-state index in [1.54, 1.807) is 12.1 Å².